The number of benzene rings is 1. The van der Waals surface area contributed by atoms with Gasteiger partial charge in [0.05, 0.1) is 0 Å². The van der Waals surface area contributed by atoms with Crippen molar-refractivity contribution in [2.75, 3.05) is 32.1 Å². The third kappa shape index (κ3) is 3.27. The fourth-order valence-electron chi connectivity index (χ4n) is 3.56. The number of anilines is 1. The minimum atomic E-state index is 0.179. The highest BCUT2D eigenvalue weighted by atomic mass is 16.1. The first-order valence-electron chi connectivity index (χ1n) is 8.51. The number of fused-ring (bicyclic) bond motifs is 1. The summed E-state index contributed by atoms with van der Waals surface area (Å²) in [6.45, 7) is 7.26. The zero-order valence-corrected chi connectivity index (χ0v) is 14.6. The van der Waals surface area contributed by atoms with Gasteiger partial charge < -0.3 is 9.88 Å². The molecule has 1 N–H and O–H groups in total. The molecule has 2 heterocycles. The molecule has 2 aromatic rings. The van der Waals surface area contributed by atoms with Crippen molar-refractivity contribution in [3.05, 3.63) is 39.7 Å². The van der Waals surface area contributed by atoms with Gasteiger partial charge in [-0.1, -0.05) is 6.92 Å². The lowest BCUT2D eigenvalue weighted by Gasteiger charge is -2.31. The molecular formula is C19H27N3O. The van der Waals surface area contributed by atoms with Gasteiger partial charge >= 0.3 is 0 Å². The molecule has 23 heavy (non-hydrogen) atoms. The van der Waals surface area contributed by atoms with E-state index in [2.05, 4.69) is 16.8 Å². The molecule has 0 bridgehead atoms. The van der Waals surface area contributed by atoms with Crippen LogP contribution in [0.5, 0.6) is 0 Å². The highest BCUT2D eigenvalue weighted by molar-refractivity contribution is 5.83. The predicted octanol–water partition coefficient (Wildman–Crippen LogP) is 3.13. The maximum absolute atomic E-state index is 13.0. The molecule has 3 rings (SSSR count). The highest BCUT2D eigenvalue weighted by Crippen LogP contribution is 2.21. The number of nitrogens with zero attached hydrogens (tertiary/aromatic N) is 2. The molecule has 0 aliphatic carbocycles. The van der Waals surface area contributed by atoms with E-state index in [1.54, 1.807) is 0 Å². The molecule has 1 aliphatic rings. The van der Waals surface area contributed by atoms with Crippen LogP contribution in [0, 0.1) is 12.8 Å². The number of nitrogens with one attached hydrogen (secondary N) is 1. The van der Waals surface area contributed by atoms with Crippen molar-refractivity contribution in [1.29, 1.82) is 0 Å². The van der Waals surface area contributed by atoms with Gasteiger partial charge in [-0.15, -0.1) is 0 Å². The maximum Gasteiger partial charge on any atom is 0.194 e. The van der Waals surface area contributed by atoms with E-state index < -0.39 is 0 Å². The van der Waals surface area contributed by atoms with Crippen molar-refractivity contribution in [2.45, 2.75) is 33.2 Å². The molecule has 1 aliphatic heterocycles. The normalized spacial score (nSPS) is 19.2. The topological polar surface area (TPSA) is 39.3 Å². The second-order valence-electron chi connectivity index (χ2n) is 7.16. The number of aryl methyl sites for hydroxylation is 1. The van der Waals surface area contributed by atoms with Crippen molar-refractivity contribution < 1.29 is 0 Å². The Hall–Kier alpha value is -1.81. The molecule has 4 nitrogen and oxygen atoms in total. The summed E-state index contributed by atoms with van der Waals surface area (Å²) in [4.78, 5) is 20.9. The Bertz CT molecular complexity index is 763. The van der Waals surface area contributed by atoms with Gasteiger partial charge in [-0.3, -0.25) is 9.69 Å². The Morgan fingerprint density at radius 1 is 1.35 bits per heavy atom. The number of pyridine rings is 1. The number of aromatic nitrogens is 1. The van der Waals surface area contributed by atoms with Gasteiger partial charge in [0.2, 0.25) is 0 Å². The van der Waals surface area contributed by atoms with Crippen molar-refractivity contribution >= 4 is 16.6 Å². The average Bonchev–Trinajstić information content (AvgIpc) is 2.51. The minimum absolute atomic E-state index is 0.179. The van der Waals surface area contributed by atoms with Crippen LogP contribution < -0.4 is 10.3 Å². The van der Waals surface area contributed by atoms with Crippen LogP contribution >= 0.6 is 0 Å². The first-order valence-corrected chi connectivity index (χ1v) is 8.51. The van der Waals surface area contributed by atoms with Gasteiger partial charge in [-0.25, -0.2) is 0 Å². The molecule has 1 aromatic carbocycles. The largest absolute Gasteiger partial charge is 0.378 e. The maximum atomic E-state index is 13.0. The van der Waals surface area contributed by atoms with Crippen LogP contribution in [0.1, 0.15) is 31.0 Å². The number of hydrogen-bond donors (Lipinski definition) is 1. The van der Waals surface area contributed by atoms with Crippen LogP contribution in [0.4, 0.5) is 5.69 Å². The molecule has 0 amide bonds. The Kier molecular flexibility index (Phi) is 4.44. The molecule has 1 fully saturated rings. The minimum Gasteiger partial charge on any atom is -0.378 e. The first-order chi connectivity index (χ1) is 11.0. The number of rotatable bonds is 3. The van der Waals surface area contributed by atoms with E-state index in [4.69, 9.17) is 0 Å². The first kappa shape index (κ1) is 16.1. The molecule has 0 saturated carbocycles. The van der Waals surface area contributed by atoms with Crippen molar-refractivity contribution in [3.63, 3.8) is 0 Å². The van der Waals surface area contributed by atoms with Gasteiger partial charge in [-0.05, 0) is 50.4 Å². The van der Waals surface area contributed by atoms with Crippen LogP contribution in [-0.4, -0.2) is 37.1 Å². The SMILES string of the molecule is Cc1[nH]c2ccc(N(C)C)cc2c(=O)c1CN1CCC[C@H](C)C1. The zero-order chi connectivity index (χ0) is 16.6. The van der Waals surface area contributed by atoms with Crippen molar-refractivity contribution in [3.8, 4) is 0 Å². The highest BCUT2D eigenvalue weighted by Gasteiger charge is 2.19. The molecule has 0 spiro atoms. The van der Waals surface area contributed by atoms with Gasteiger partial charge in [0.1, 0.15) is 0 Å². The van der Waals surface area contributed by atoms with Crippen molar-refractivity contribution in [1.82, 2.24) is 9.88 Å². The molecular weight excluding hydrogens is 286 g/mol. The number of aromatic amines is 1. The van der Waals surface area contributed by atoms with Gasteiger partial charge in [0.15, 0.2) is 5.43 Å². The summed E-state index contributed by atoms with van der Waals surface area (Å²) in [5.74, 6) is 0.726. The Labute approximate surface area is 138 Å². The number of H-pyrrole nitrogens is 1. The van der Waals surface area contributed by atoms with Crippen LogP contribution in [0.3, 0.4) is 0 Å². The summed E-state index contributed by atoms with van der Waals surface area (Å²) in [6, 6.07) is 6.05. The third-order valence-electron chi connectivity index (χ3n) is 4.94. The molecule has 124 valence electrons. The summed E-state index contributed by atoms with van der Waals surface area (Å²) in [5.41, 5.74) is 4.08. The quantitative estimate of drug-likeness (QED) is 0.946. The summed E-state index contributed by atoms with van der Waals surface area (Å²) in [6.07, 6.45) is 2.53. The zero-order valence-electron chi connectivity index (χ0n) is 14.6. The van der Waals surface area contributed by atoms with Crippen molar-refractivity contribution in [2.24, 2.45) is 5.92 Å². The van der Waals surface area contributed by atoms with Crippen LogP contribution in [0.25, 0.3) is 10.9 Å². The second kappa shape index (κ2) is 6.36. The lowest BCUT2D eigenvalue weighted by atomic mass is 9.99. The number of piperidine rings is 1. The fourth-order valence-corrected chi connectivity index (χ4v) is 3.56. The van der Waals surface area contributed by atoms with Gasteiger partial charge in [0, 0.05) is 55.0 Å². The number of likely N-dealkylation sites (tertiary alicyclic amines) is 1. The van der Waals surface area contributed by atoms with Gasteiger partial charge in [-0.2, -0.15) is 0 Å². The molecule has 1 aromatic heterocycles. The number of hydrogen-bond acceptors (Lipinski definition) is 3. The van der Waals surface area contributed by atoms with Gasteiger partial charge in [0.25, 0.3) is 0 Å². The third-order valence-corrected chi connectivity index (χ3v) is 4.94. The smallest absolute Gasteiger partial charge is 0.194 e. The van der Waals surface area contributed by atoms with E-state index in [9.17, 15) is 4.79 Å². The van der Waals surface area contributed by atoms with E-state index in [0.717, 1.165) is 53.4 Å². The van der Waals surface area contributed by atoms with Crippen LogP contribution in [0.15, 0.2) is 23.0 Å². The van der Waals surface area contributed by atoms with E-state index in [1.165, 1.54) is 12.8 Å². The second-order valence-corrected chi connectivity index (χ2v) is 7.16. The lowest BCUT2D eigenvalue weighted by Crippen LogP contribution is -2.35. The Balaban J connectivity index is 2.00. The average molecular weight is 313 g/mol. The van der Waals surface area contributed by atoms with Crippen LogP contribution in [-0.2, 0) is 6.54 Å². The van der Waals surface area contributed by atoms with E-state index in [0.29, 0.717) is 0 Å². The Morgan fingerprint density at radius 3 is 2.83 bits per heavy atom. The standard InChI is InChI=1S/C19H27N3O/c1-13-6-5-9-22(11-13)12-17-14(2)20-18-8-7-15(21(3)4)10-16(18)19(17)23/h7-8,10,13H,5-6,9,11-12H2,1-4H3,(H,20,23)/t13-/m0/s1. The van der Waals surface area contributed by atoms with Crippen LogP contribution in [0.2, 0.25) is 0 Å². The molecule has 0 radical (unpaired) electrons. The molecule has 0 unspecified atom stereocenters. The predicted molar refractivity (Wildman–Crippen MR) is 97.3 cm³/mol. The lowest BCUT2D eigenvalue weighted by molar-refractivity contribution is 0.176. The molecule has 4 heteroatoms. The van der Waals surface area contributed by atoms with E-state index >= 15 is 0 Å². The Morgan fingerprint density at radius 2 is 2.13 bits per heavy atom. The summed E-state index contributed by atoms with van der Waals surface area (Å²) < 4.78 is 0. The summed E-state index contributed by atoms with van der Waals surface area (Å²) >= 11 is 0. The summed E-state index contributed by atoms with van der Waals surface area (Å²) in [5, 5.41) is 0.793. The molecule has 1 atom stereocenters. The fraction of sp³-hybridized carbons (Fsp3) is 0.526. The monoisotopic (exact) mass is 313 g/mol. The van der Waals surface area contributed by atoms with E-state index in [1.807, 2.05) is 44.1 Å². The molecule has 1 saturated heterocycles. The van der Waals surface area contributed by atoms with E-state index in [-0.39, 0.29) is 5.43 Å². The summed E-state index contributed by atoms with van der Waals surface area (Å²) in [7, 11) is 4.00.